The fraction of sp³-hybridized carbons (Fsp3) is 0.500. The van der Waals surface area contributed by atoms with E-state index in [1.165, 1.54) is 19.3 Å². The summed E-state index contributed by atoms with van der Waals surface area (Å²) >= 11 is 0. The lowest BCUT2D eigenvalue weighted by Crippen LogP contribution is -2.41. The predicted molar refractivity (Wildman–Crippen MR) is 93.6 cm³/mol. The molecule has 0 atom stereocenters. The Balaban J connectivity index is 1.49. The molecule has 0 unspecified atom stereocenters. The van der Waals surface area contributed by atoms with E-state index in [4.69, 9.17) is 0 Å². The highest BCUT2D eigenvalue weighted by molar-refractivity contribution is 5.77. The van der Waals surface area contributed by atoms with Crippen LogP contribution in [-0.4, -0.2) is 33.5 Å². The van der Waals surface area contributed by atoms with Crippen LogP contribution < -0.4 is 10.6 Å². The Morgan fingerprint density at radius 2 is 1.75 bits per heavy atom. The largest absolute Gasteiger partial charge is 0.354 e. The van der Waals surface area contributed by atoms with Crippen molar-refractivity contribution in [2.24, 2.45) is 0 Å². The van der Waals surface area contributed by atoms with Crippen LogP contribution in [0.4, 0.5) is 5.95 Å². The summed E-state index contributed by atoms with van der Waals surface area (Å²) in [5, 5.41) is 6.12. The zero-order valence-electron chi connectivity index (χ0n) is 13.9. The van der Waals surface area contributed by atoms with Gasteiger partial charge in [-0.15, -0.1) is 0 Å². The number of amides is 1. The molecule has 0 aliphatic heterocycles. The Morgan fingerprint density at radius 3 is 2.46 bits per heavy atom. The van der Waals surface area contributed by atoms with Crippen LogP contribution in [0.2, 0.25) is 0 Å². The van der Waals surface area contributed by atoms with Crippen LogP contribution in [0.15, 0.2) is 43.0 Å². The highest BCUT2D eigenvalue weighted by Gasteiger charge is 2.35. The summed E-state index contributed by atoms with van der Waals surface area (Å²) in [5.41, 5.74) is -0.0538. The summed E-state index contributed by atoms with van der Waals surface area (Å²) in [4.78, 5) is 20.6. The first-order valence-corrected chi connectivity index (χ1v) is 8.70. The van der Waals surface area contributed by atoms with Gasteiger partial charge in [-0.05, 0) is 31.0 Å². The smallest absolute Gasteiger partial charge is 0.222 e. The average Bonchev–Trinajstić information content (AvgIpc) is 3.16. The van der Waals surface area contributed by atoms with Crippen molar-refractivity contribution < 1.29 is 4.79 Å². The van der Waals surface area contributed by atoms with Crippen molar-refractivity contribution in [3.8, 4) is 0 Å². The summed E-state index contributed by atoms with van der Waals surface area (Å²) in [5.74, 6) is 0.698. The van der Waals surface area contributed by atoms with Crippen molar-refractivity contribution in [3.63, 3.8) is 0 Å². The molecule has 0 bridgehead atoms. The van der Waals surface area contributed by atoms with Gasteiger partial charge in [0.25, 0.3) is 0 Å². The van der Waals surface area contributed by atoms with Gasteiger partial charge < -0.3 is 15.2 Å². The zero-order chi connectivity index (χ0) is 16.7. The zero-order valence-corrected chi connectivity index (χ0v) is 13.9. The van der Waals surface area contributed by atoms with E-state index in [0.717, 1.165) is 12.8 Å². The molecule has 1 amide bonds. The topological polar surface area (TPSA) is 71.8 Å². The lowest BCUT2D eigenvalue weighted by atomic mass is 9.78. The van der Waals surface area contributed by atoms with Crippen LogP contribution in [0, 0.1) is 0 Å². The third-order valence-electron chi connectivity index (χ3n) is 4.72. The van der Waals surface area contributed by atoms with E-state index in [-0.39, 0.29) is 11.4 Å². The third kappa shape index (κ3) is 4.13. The number of carbonyl (C=O) groups excluding carboxylic acids is 1. The lowest BCUT2D eigenvalue weighted by Gasteiger charge is -2.38. The van der Waals surface area contributed by atoms with Gasteiger partial charge in [-0.25, -0.2) is 9.97 Å². The molecule has 1 aliphatic carbocycles. The van der Waals surface area contributed by atoms with E-state index in [0.29, 0.717) is 25.5 Å². The first-order valence-electron chi connectivity index (χ1n) is 8.70. The van der Waals surface area contributed by atoms with Crippen LogP contribution >= 0.6 is 0 Å². The van der Waals surface area contributed by atoms with E-state index in [2.05, 4.69) is 37.6 Å². The molecule has 6 nitrogen and oxygen atoms in total. The number of carbonyl (C=O) groups is 1. The molecule has 0 aromatic carbocycles. The van der Waals surface area contributed by atoms with Gasteiger partial charge >= 0.3 is 0 Å². The first kappa shape index (κ1) is 16.5. The summed E-state index contributed by atoms with van der Waals surface area (Å²) in [6, 6.07) is 5.86. The highest BCUT2D eigenvalue weighted by atomic mass is 16.1. The Morgan fingerprint density at radius 1 is 1.04 bits per heavy atom. The molecule has 2 aromatic heterocycles. The van der Waals surface area contributed by atoms with Crippen LogP contribution in [-0.2, 0) is 10.3 Å². The Bertz CT molecular complexity index is 620. The van der Waals surface area contributed by atoms with Gasteiger partial charge in [-0.2, -0.15) is 0 Å². The molecule has 3 rings (SSSR count). The van der Waals surface area contributed by atoms with Crippen LogP contribution in [0.25, 0.3) is 0 Å². The van der Waals surface area contributed by atoms with Gasteiger partial charge in [-0.3, -0.25) is 4.79 Å². The standard InChI is InChI=1S/C18H25N5O/c24-16(19-11-12-22-17-20-9-6-10-21-17)15-18(7-2-1-3-8-18)23-13-4-5-14-23/h4-6,9-10,13-14H,1-3,7-8,11-12,15H2,(H,19,24)(H,20,21,22). The van der Waals surface area contributed by atoms with E-state index in [1.54, 1.807) is 18.5 Å². The van der Waals surface area contributed by atoms with Gasteiger partial charge in [-0.1, -0.05) is 19.3 Å². The molecule has 1 fully saturated rings. The fourth-order valence-corrected chi connectivity index (χ4v) is 3.51. The van der Waals surface area contributed by atoms with Crippen molar-refractivity contribution in [1.82, 2.24) is 19.9 Å². The van der Waals surface area contributed by atoms with E-state index < -0.39 is 0 Å². The maximum atomic E-state index is 12.4. The van der Waals surface area contributed by atoms with Gasteiger partial charge in [0.1, 0.15) is 0 Å². The Labute approximate surface area is 142 Å². The second kappa shape index (κ2) is 7.95. The van der Waals surface area contributed by atoms with Crippen molar-refractivity contribution >= 4 is 11.9 Å². The number of hydrogen-bond acceptors (Lipinski definition) is 4. The van der Waals surface area contributed by atoms with Crippen molar-refractivity contribution in [2.45, 2.75) is 44.1 Å². The molecule has 128 valence electrons. The van der Waals surface area contributed by atoms with Crippen molar-refractivity contribution in [1.29, 1.82) is 0 Å². The summed E-state index contributed by atoms with van der Waals surface area (Å²) in [6.07, 6.45) is 13.9. The normalized spacial score (nSPS) is 16.5. The SMILES string of the molecule is O=C(CC1(n2cccc2)CCCCC1)NCCNc1ncccn1. The maximum absolute atomic E-state index is 12.4. The number of nitrogens with one attached hydrogen (secondary N) is 2. The van der Waals surface area contributed by atoms with Crippen LogP contribution in [0.5, 0.6) is 0 Å². The molecular formula is C18H25N5O. The predicted octanol–water partition coefficient (Wildman–Crippen LogP) is 2.56. The molecule has 0 saturated heterocycles. The minimum atomic E-state index is -0.0538. The molecule has 2 aromatic rings. The second-order valence-corrected chi connectivity index (χ2v) is 6.40. The van der Waals surface area contributed by atoms with Crippen LogP contribution in [0.1, 0.15) is 38.5 Å². The third-order valence-corrected chi connectivity index (χ3v) is 4.72. The number of nitrogens with zero attached hydrogens (tertiary/aromatic N) is 3. The number of hydrogen-bond donors (Lipinski definition) is 2. The molecule has 2 N–H and O–H groups in total. The molecule has 6 heteroatoms. The first-order chi connectivity index (χ1) is 11.8. The lowest BCUT2D eigenvalue weighted by molar-refractivity contribution is -0.123. The number of aromatic nitrogens is 3. The van der Waals surface area contributed by atoms with Gasteiger partial charge in [0.05, 0.1) is 12.0 Å². The van der Waals surface area contributed by atoms with E-state index in [1.807, 2.05) is 12.1 Å². The molecule has 0 spiro atoms. The fourth-order valence-electron chi connectivity index (χ4n) is 3.51. The highest BCUT2D eigenvalue weighted by Crippen LogP contribution is 2.37. The minimum Gasteiger partial charge on any atom is -0.354 e. The Kier molecular flexibility index (Phi) is 5.46. The van der Waals surface area contributed by atoms with Crippen molar-refractivity contribution in [3.05, 3.63) is 43.0 Å². The number of anilines is 1. The maximum Gasteiger partial charge on any atom is 0.222 e. The summed E-state index contributed by atoms with van der Waals surface area (Å²) in [6.45, 7) is 1.19. The van der Waals surface area contributed by atoms with Crippen LogP contribution in [0.3, 0.4) is 0 Å². The van der Waals surface area contributed by atoms with E-state index in [9.17, 15) is 4.79 Å². The molecule has 1 aliphatic rings. The molecule has 24 heavy (non-hydrogen) atoms. The Hall–Kier alpha value is -2.37. The average molecular weight is 327 g/mol. The van der Waals surface area contributed by atoms with Gasteiger partial charge in [0.2, 0.25) is 11.9 Å². The molecule has 2 heterocycles. The number of rotatable bonds is 7. The van der Waals surface area contributed by atoms with E-state index >= 15 is 0 Å². The monoisotopic (exact) mass is 327 g/mol. The van der Waals surface area contributed by atoms with Crippen molar-refractivity contribution in [2.75, 3.05) is 18.4 Å². The summed E-state index contributed by atoms with van der Waals surface area (Å²) < 4.78 is 2.24. The molecule has 0 radical (unpaired) electrons. The summed E-state index contributed by atoms with van der Waals surface area (Å²) in [7, 11) is 0. The van der Waals surface area contributed by atoms with Gasteiger partial charge in [0.15, 0.2) is 0 Å². The quantitative estimate of drug-likeness (QED) is 0.767. The van der Waals surface area contributed by atoms with Gasteiger partial charge in [0, 0.05) is 37.9 Å². The molecular weight excluding hydrogens is 302 g/mol. The minimum absolute atomic E-state index is 0.0538. The second-order valence-electron chi connectivity index (χ2n) is 6.40. The molecule has 1 saturated carbocycles.